The molecule has 42 heavy (non-hydrogen) atoms. The molecule has 2 atom stereocenters. The first-order valence-electron chi connectivity index (χ1n) is 13.9. The van der Waals surface area contributed by atoms with Crippen molar-refractivity contribution in [3.63, 3.8) is 0 Å². The molecular weight excluding hydrogens is 547 g/mol. The van der Waals surface area contributed by atoms with Crippen molar-refractivity contribution in [1.82, 2.24) is 20.7 Å². The van der Waals surface area contributed by atoms with Crippen LogP contribution in [0.4, 0.5) is 13.2 Å². The smallest absolute Gasteiger partial charge is 0.251 e. The highest BCUT2D eigenvalue weighted by molar-refractivity contribution is 5.94. The number of primary amides is 1. The second kappa shape index (κ2) is 12.7. The van der Waals surface area contributed by atoms with Crippen molar-refractivity contribution in [2.45, 2.75) is 51.3 Å². The number of nitrogens with zero attached hydrogens (tertiary/aromatic N) is 2. The van der Waals surface area contributed by atoms with Gasteiger partial charge in [-0.25, -0.2) is 18.6 Å². The number of halogens is 3. The maximum Gasteiger partial charge on any atom is 0.251 e. The van der Waals surface area contributed by atoms with Gasteiger partial charge in [0, 0.05) is 30.1 Å². The molecule has 0 fully saturated rings. The zero-order valence-corrected chi connectivity index (χ0v) is 23.1. The van der Waals surface area contributed by atoms with Crippen LogP contribution in [0, 0.1) is 17.5 Å². The number of amides is 2. The van der Waals surface area contributed by atoms with Crippen LogP contribution in [0.5, 0.6) is 0 Å². The van der Waals surface area contributed by atoms with Gasteiger partial charge in [-0.2, -0.15) is 0 Å². The molecule has 1 unspecified atom stereocenters. The van der Waals surface area contributed by atoms with Gasteiger partial charge in [-0.05, 0) is 86.1 Å². The van der Waals surface area contributed by atoms with Gasteiger partial charge in [0.05, 0.1) is 17.3 Å². The van der Waals surface area contributed by atoms with E-state index in [9.17, 15) is 22.8 Å². The zero-order valence-electron chi connectivity index (χ0n) is 23.1. The Hall–Kier alpha value is -4.22. The summed E-state index contributed by atoms with van der Waals surface area (Å²) in [6, 6.07) is 9.62. The maximum absolute atomic E-state index is 14.3. The van der Waals surface area contributed by atoms with E-state index in [0.717, 1.165) is 49.1 Å². The van der Waals surface area contributed by atoms with Gasteiger partial charge in [0.2, 0.25) is 5.91 Å². The number of benzene rings is 2. The number of carbonyl (C=O) groups excluding carboxylic acids is 2. The summed E-state index contributed by atoms with van der Waals surface area (Å²) in [6.07, 6.45) is 5.02. The standard InChI is InChI=1S/C31H32F3N5O3/c1-2-42-31-23-6-3-4-8-27(23)39(38-31)17-28(40)37-26(14-18-12-20(32)16-21(33)13-18)29-22(7-5-11-36-29)19-9-10-25(34)24(15-19)30(35)41/h5,7,9-13,15-16,26,31,38H,2-4,6,8,14,17H2,1H3,(H2,35,41)(H,37,40)/t26-,31?/m0/s1. The molecule has 2 amide bonds. The van der Waals surface area contributed by atoms with Crippen molar-refractivity contribution in [1.29, 1.82) is 0 Å². The van der Waals surface area contributed by atoms with E-state index < -0.39 is 29.4 Å². The van der Waals surface area contributed by atoms with Crippen LogP contribution in [0.25, 0.3) is 11.1 Å². The average molecular weight is 580 g/mol. The number of hydrazine groups is 1. The second-order valence-electron chi connectivity index (χ2n) is 10.3. The van der Waals surface area contributed by atoms with Gasteiger partial charge in [0.15, 0.2) is 0 Å². The van der Waals surface area contributed by atoms with Crippen molar-refractivity contribution >= 4 is 11.8 Å². The van der Waals surface area contributed by atoms with Crippen LogP contribution in [-0.2, 0) is 16.0 Å². The number of hydrogen-bond acceptors (Lipinski definition) is 6. The zero-order chi connectivity index (χ0) is 29.8. The van der Waals surface area contributed by atoms with Crippen molar-refractivity contribution in [2.24, 2.45) is 5.73 Å². The van der Waals surface area contributed by atoms with Crippen LogP contribution in [0.2, 0.25) is 0 Å². The molecule has 2 aliphatic rings. The van der Waals surface area contributed by atoms with Crippen molar-refractivity contribution in [2.75, 3.05) is 13.2 Å². The Labute approximate surface area is 241 Å². The van der Waals surface area contributed by atoms with Crippen LogP contribution >= 0.6 is 0 Å². The fourth-order valence-electron chi connectivity index (χ4n) is 5.63. The van der Waals surface area contributed by atoms with E-state index in [2.05, 4.69) is 15.7 Å². The molecule has 5 rings (SSSR count). The lowest BCUT2D eigenvalue weighted by Crippen LogP contribution is -2.45. The molecule has 1 aliphatic heterocycles. The van der Waals surface area contributed by atoms with Crippen LogP contribution in [-0.4, -0.2) is 41.2 Å². The Morgan fingerprint density at radius 3 is 2.62 bits per heavy atom. The molecule has 4 N–H and O–H groups in total. The Kier molecular flexibility index (Phi) is 8.89. The Balaban J connectivity index is 1.47. The summed E-state index contributed by atoms with van der Waals surface area (Å²) >= 11 is 0. The number of pyridine rings is 1. The van der Waals surface area contributed by atoms with Gasteiger partial charge in [-0.15, -0.1) is 0 Å². The lowest BCUT2D eigenvalue weighted by molar-refractivity contribution is -0.123. The topological polar surface area (TPSA) is 110 Å². The molecule has 0 bridgehead atoms. The third-order valence-electron chi connectivity index (χ3n) is 7.44. The molecule has 2 aromatic carbocycles. The molecule has 3 aromatic rings. The number of aromatic nitrogens is 1. The van der Waals surface area contributed by atoms with Crippen molar-refractivity contribution in [3.8, 4) is 11.1 Å². The predicted octanol–water partition coefficient (Wildman–Crippen LogP) is 4.68. The number of allylic oxidation sites excluding steroid dienone is 1. The molecule has 1 aromatic heterocycles. The van der Waals surface area contributed by atoms with Crippen LogP contribution in [0.15, 0.2) is 66.0 Å². The number of nitrogens with two attached hydrogens (primary N) is 1. The van der Waals surface area contributed by atoms with Gasteiger partial charge in [-0.1, -0.05) is 12.1 Å². The molecule has 8 nitrogen and oxygen atoms in total. The minimum absolute atomic E-state index is 0.0112. The lowest BCUT2D eigenvalue weighted by atomic mass is 9.94. The Bertz CT molecular complexity index is 1510. The highest BCUT2D eigenvalue weighted by atomic mass is 19.1. The summed E-state index contributed by atoms with van der Waals surface area (Å²) in [5, 5.41) is 4.80. The van der Waals surface area contributed by atoms with E-state index in [0.29, 0.717) is 29.0 Å². The lowest BCUT2D eigenvalue weighted by Gasteiger charge is -2.26. The average Bonchev–Trinajstić information content (AvgIpc) is 3.29. The largest absolute Gasteiger partial charge is 0.366 e. The van der Waals surface area contributed by atoms with Gasteiger partial charge in [-0.3, -0.25) is 14.6 Å². The Morgan fingerprint density at radius 2 is 1.88 bits per heavy atom. The fourth-order valence-corrected chi connectivity index (χ4v) is 5.63. The molecular formula is C31H32F3N5O3. The van der Waals surface area contributed by atoms with Gasteiger partial charge in [0.1, 0.15) is 30.2 Å². The van der Waals surface area contributed by atoms with Gasteiger partial charge in [0.25, 0.3) is 5.91 Å². The molecule has 0 saturated heterocycles. The first-order valence-corrected chi connectivity index (χ1v) is 13.9. The fraction of sp³-hybridized carbons (Fsp3) is 0.323. The minimum atomic E-state index is -0.931. The number of ether oxygens (including phenoxy) is 1. The molecule has 11 heteroatoms. The SMILES string of the molecule is CCOC1NN(CC(=O)N[C@@H](Cc2cc(F)cc(F)c2)c2ncccc2-c2ccc(F)c(C(N)=O)c2)C2=C1CCCC2. The normalized spacial score (nSPS) is 17.2. The minimum Gasteiger partial charge on any atom is -0.366 e. The molecule has 2 heterocycles. The third-order valence-corrected chi connectivity index (χ3v) is 7.44. The molecule has 0 saturated carbocycles. The van der Waals surface area contributed by atoms with Crippen LogP contribution in [0.3, 0.4) is 0 Å². The Morgan fingerprint density at radius 1 is 1.12 bits per heavy atom. The summed E-state index contributed by atoms with van der Waals surface area (Å²) in [6.45, 7) is 2.41. The van der Waals surface area contributed by atoms with Crippen LogP contribution < -0.4 is 16.5 Å². The summed E-state index contributed by atoms with van der Waals surface area (Å²) < 4.78 is 48.3. The van der Waals surface area contributed by atoms with E-state index in [1.807, 2.05) is 11.9 Å². The number of nitrogens with one attached hydrogen (secondary N) is 2. The number of carbonyl (C=O) groups is 2. The van der Waals surface area contributed by atoms with E-state index in [1.54, 1.807) is 12.1 Å². The quantitative estimate of drug-likeness (QED) is 0.322. The summed E-state index contributed by atoms with van der Waals surface area (Å²) in [5.41, 5.74) is 12.2. The van der Waals surface area contributed by atoms with E-state index >= 15 is 0 Å². The predicted molar refractivity (Wildman–Crippen MR) is 150 cm³/mol. The highest BCUT2D eigenvalue weighted by Gasteiger charge is 2.34. The van der Waals surface area contributed by atoms with E-state index in [4.69, 9.17) is 10.5 Å². The highest BCUT2D eigenvalue weighted by Crippen LogP contribution is 2.34. The van der Waals surface area contributed by atoms with Gasteiger partial charge >= 0.3 is 0 Å². The summed E-state index contributed by atoms with van der Waals surface area (Å²) in [5.74, 6) is -3.55. The molecule has 220 valence electrons. The van der Waals surface area contributed by atoms with Crippen molar-refractivity contribution < 1.29 is 27.5 Å². The molecule has 1 aliphatic carbocycles. The van der Waals surface area contributed by atoms with Gasteiger partial charge < -0.3 is 20.8 Å². The van der Waals surface area contributed by atoms with Crippen LogP contribution in [0.1, 0.15) is 60.3 Å². The molecule has 0 radical (unpaired) electrons. The maximum atomic E-state index is 14.3. The monoisotopic (exact) mass is 579 g/mol. The van der Waals surface area contributed by atoms with Crippen molar-refractivity contribution in [3.05, 3.63) is 100 Å². The van der Waals surface area contributed by atoms with E-state index in [-0.39, 0.29) is 30.7 Å². The molecule has 0 spiro atoms. The first-order chi connectivity index (χ1) is 20.2. The first kappa shape index (κ1) is 29.3. The third kappa shape index (κ3) is 6.47. The second-order valence-corrected chi connectivity index (χ2v) is 10.3. The summed E-state index contributed by atoms with van der Waals surface area (Å²) in [4.78, 5) is 29.9. The number of hydrogen-bond donors (Lipinski definition) is 3. The van der Waals surface area contributed by atoms with E-state index in [1.165, 1.54) is 30.5 Å². The summed E-state index contributed by atoms with van der Waals surface area (Å²) in [7, 11) is 0. The number of rotatable bonds is 10.